The van der Waals surface area contributed by atoms with Crippen molar-refractivity contribution in [2.45, 2.75) is 189 Å². The molecule has 2 aliphatic heterocycles. The van der Waals surface area contributed by atoms with Crippen LogP contribution < -0.4 is 14.2 Å². The zero-order chi connectivity index (χ0) is 43.8. The number of fused-ring (bicyclic) bond motifs is 3. The van der Waals surface area contributed by atoms with Gasteiger partial charge in [0.15, 0.2) is 11.5 Å². The van der Waals surface area contributed by atoms with E-state index in [1.54, 1.807) is 41.2 Å². The first-order valence-corrected chi connectivity index (χ1v) is 22.3. The average molecular weight is 821 g/mol. The Hall–Kier alpha value is -3.83. The topological polar surface area (TPSA) is 51.8 Å². The predicted octanol–water partition coefficient (Wildman–Crippen LogP) is 16.4. The second kappa shape index (κ2) is 38.4. The molecule has 1 aliphatic carbocycles. The molecule has 0 saturated carbocycles. The fourth-order valence-electron chi connectivity index (χ4n) is 6.01. The van der Waals surface area contributed by atoms with Crippen molar-refractivity contribution in [1.82, 2.24) is 0 Å². The lowest BCUT2D eigenvalue weighted by atomic mass is 9.85. The van der Waals surface area contributed by atoms with Crippen LogP contribution in [0.25, 0.3) is 0 Å². The fraction of sp³-hybridized carbons (Fsp3) is 0.574. The second-order valence-corrected chi connectivity index (χ2v) is 14.5. The molecule has 0 fully saturated rings. The Kier molecular flexibility index (Phi) is 40.2. The van der Waals surface area contributed by atoms with Crippen molar-refractivity contribution in [3.63, 3.8) is 0 Å². The molecule has 3 heterocycles. The number of benzene rings is 3. The minimum absolute atomic E-state index is 0. The van der Waals surface area contributed by atoms with E-state index in [0.29, 0.717) is 24.5 Å². The van der Waals surface area contributed by atoms with Gasteiger partial charge in [-0.1, -0.05) is 181 Å². The number of ether oxygens (including phenoxy) is 3. The highest BCUT2D eigenvalue weighted by atomic mass is 16.7. The molecule has 4 aromatic rings. The van der Waals surface area contributed by atoms with Crippen LogP contribution in [0, 0.1) is 5.92 Å². The fourth-order valence-corrected chi connectivity index (χ4v) is 6.01. The largest absolute Gasteiger partial charge is 0.454 e. The summed E-state index contributed by atoms with van der Waals surface area (Å²) in [5.41, 5.74) is 10.6. The number of hydrogen-bond donors (Lipinski definition) is 1. The van der Waals surface area contributed by atoms with E-state index in [0.717, 1.165) is 41.8 Å². The van der Waals surface area contributed by atoms with Crippen LogP contribution in [0.2, 0.25) is 0 Å². The van der Waals surface area contributed by atoms with Crippen LogP contribution in [0.4, 0.5) is 0 Å². The molecule has 1 aromatic heterocycles. The lowest BCUT2D eigenvalue weighted by molar-refractivity contribution is -0.904. The van der Waals surface area contributed by atoms with Crippen LogP contribution in [0.5, 0.6) is 11.5 Å². The molecule has 0 amide bonds. The van der Waals surface area contributed by atoms with Crippen LogP contribution in [0.15, 0.2) is 85.2 Å². The van der Waals surface area contributed by atoms with Gasteiger partial charge >= 0.3 is 0 Å². The minimum atomic E-state index is 0. The Morgan fingerprint density at radius 2 is 1.00 bits per heavy atom. The van der Waals surface area contributed by atoms with Crippen LogP contribution in [0.1, 0.15) is 202 Å². The van der Waals surface area contributed by atoms with Gasteiger partial charge in [0.05, 0.1) is 13.2 Å². The zero-order valence-electron chi connectivity index (χ0n) is 39.7. The van der Waals surface area contributed by atoms with E-state index >= 15 is 0 Å². The van der Waals surface area contributed by atoms with Gasteiger partial charge in [0, 0.05) is 16.9 Å². The van der Waals surface area contributed by atoms with Crippen LogP contribution in [0.3, 0.4) is 0 Å². The van der Waals surface area contributed by atoms with Gasteiger partial charge in [0.25, 0.3) is 0 Å². The van der Waals surface area contributed by atoms with Crippen molar-refractivity contribution in [1.29, 1.82) is 0 Å². The zero-order valence-corrected chi connectivity index (χ0v) is 39.7. The highest BCUT2D eigenvalue weighted by Gasteiger charge is 2.16. The third kappa shape index (κ3) is 24.8. The molecule has 7 rings (SSSR count). The lowest BCUT2D eigenvalue weighted by Crippen LogP contribution is -2.27. The lowest BCUT2D eigenvalue weighted by Gasteiger charge is -2.21. The molecule has 5 heteroatoms. The van der Waals surface area contributed by atoms with Crippen molar-refractivity contribution in [2.24, 2.45) is 5.92 Å². The predicted molar refractivity (Wildman–Crippen MR) is 261 cm³/mol. The molecule has 0 radical (unpaired) electrons. The molecule has 0 saturated heterocycles. The molecule has 0 bridgehead atoms. The summed E-state index contributed by atoms with van der Waals surface area (Å²) in [6.07, 6.45) is 9.58. The molecular weight excluding hydrogens is 727 g/mol. The van der Waals surface area contributed by atoms with Crippen LogP contribution in [-0.4, -0.2) is 18.6 Å². The average Bonchev–Trinajstić information content (AvgIpc) is 3.72. The number of aryl methyl sites for hydroxylation is 1. The molecule has 59 heavy (non-hydrogen) atoms. The van der Waals surface area contributed by atoms with Crippen LogP contribution in [-0.2, 0) is 30.6 Å². The van der Waals surface area contributed by atoms with E-state index in [1.165, 1.54) is 47.9 Å². The summed E-state index contributed by atoms with van der Waals surface area (Å²) < 4.78 is 16.9. The Morgan fingerprint density at radius 1 is 0.525 bits per heavy atom. The van der Waals surface area contributed by atoms with Gasteiger partial charge < -0.3 is 14.2 Å². The molecule has 338 valence electrons. The van der Waals surface area contributed by atoms with E-state index in [9.17, 15) is 0 Å². The highest BCUT2D eigenvalue weighted by Crippen LogP contribution is 2.34. The first-order chi connectivity index (χ1) is 27.5. The highest BCUT2D eigenvalue weighted by molar-refractivity contribution is 5.45. The van der Waals surface area contributed by atoms with E-state index in [4.69, 9.17) is 19.4 Å². The van der Waals surface area contributed by atoms with Gasteiger partial charge in [-0.25, -0.2) is 0 Å². The summed E-state index contributed by atoms with van der Waals surface area (Å²) in [6.45, 7) is 38.0. The van der Waals surface area contributed by atoms with Gasteiger partial charge in [-0.3, -0.25) is 5.21 Å². The first-order valence-electron chi connectivity index (χ1n) is 22.3. The Morgan fingerprint density at radius 3 is 1.47 bits per heavy atom. The number of rotatable bonds is 3. The van der Waals surface area contributed by atoms with Gasteiger partial charge in [-0.15, -0.1) is 0 Å². The molecule has 0 unspecified atom stereocenters. The number of hydrogen-bond acceptors (Lipinski definition) is 4. The Bertz CT molecular complexity index is 1460. The molecule has 5 nitrogen and oxygen atoms in total. The molecule has 0 spiro atoms. The van der Waals surface area contributed by atoms with Crippen molar-refractivity contribution < 1.29 is 24.1 Å². The first kappa shape index (κ1) is 61.8. The van der Waals surface area contributed by atoms with Gasteiger partial charge in [-0.2, -0.15) is 0 Å². The maximum atomic E-state index is 8.55. The molecule has 3 aliphatic rings. The van der Waals surface area contributed by atoms with Gasteiger partial charge in [-0.05, 0) is 107 Å². The number of aromatic nitrogens is 1. The quantitative estimate of drug-likeness (QED) is 0.165. The monoisotopic (exact) mass is 821 g/mol. The Labute approximate surface area is 366 Å². The smallest absolute Gasteiger partial charge is 0.231 e. The third-order valence-electron chi connectivity index (χ3n) is 8.50. The summed E-state index contributed by atoms with van der Waals surface area (Å²) in [7, 11) is 0. The Balaban J connectivity index is -0.000000315. The van der Waals surface area contributed by atoms with E-state index in [-0.39, 0.29) is 14.9 Å². The third-order valence-corrected chi connectivity index (χ3v) is 8.50. The molecule has 1 N–H and O–H groups in total. The molecule has 3 aromatic carbocycles. The molecular formula is C54H94NO4+. The van der Waals surface area contributed by atoms with Crippen LogP contribution >= 0.6 is 0 Å². The minimum Gasteiger partial charge on any atom is -0.454 e. The SMILES string of the molecule is C.C.CC.CC.CC.CC.CC(C)C.CC(C)c1ccc2c(c1)OCO2.CC(C)c1cccc2c1CCCC2.CC(C)c1cccc2c1CCOC2.O[n+]1ccccc1. The van der Waals surface area contributed by atoms with Crippen molar-refractivity contribution in [2.75, 3.05) is 13.4 Å². The van der Waals surface area contributed by atoms with E-state index in [1.807, 2.05) is 73.6 Å². The summed E-state index contributed by atoms with van der Waals surface area (Å²) in [6, 6.07) is 24.8. The second-order valence-electron chi connectivity index (χ2n) is 14.5. The van der Waals surface area contributed by atoms with Crippen molar-refractivity contribution in [3.8, 4) is 11.5 Å². The number of pyridine rings is 1. The standard InChI is InChI=1S/C13H18.C12H16O.C10H12O2.C5H6NO.C4H10.4C2H6.2CH4/c1-10(2)12-9-5-7-11-6-3-4-8-13(11)12;1-9(2)11-5-3-4-10-8-13-7-6-12(10)11;1-7(2)8-3-4-9-10(5-8)12-6-11-9;7-6-4-2-1-3-5-6;1-4(2)3;4*1-2;;/h5,7,9-10H,3-4,6,8H2,1-2H3;3-5,9H,6-8H2,1-2H3;3-5,7H,6H2,1-2H3;1-5,7H;4H,1-3H3;4*1-2H3;2*1H4/q;;;+1;;;;;;;. The summed E-state index contributed by atoms with van der Waals surface area (Å²) in [5, 5.41) is 8.55. The van der Waals surface area contributed by atoms with Gasteiger partial charge in [0.2, 0.25) is 19.2 Å². The van der Waals surface area contributed by atoms with E-state index < -0.39 is 0 Å². The molecule has 0 atom stereocenters. The summed E-state index contributed by atoms with van der Waals surface area (Å²) in [5.74, 6) is 4.43. The summed E-state index contributed by atoms with van der Waals surface area (Å²) in [4.78, 5) is 0. The van der Waals surface area contributed by atoms with E-state index in [2.05, 4.69) is 105 Å². The normalized spacial score (nSPS) is 11.9. The van der Waals surface area contributed by atoms with Crippen molar-refractivity contribution >= 4 is 0 Å². The number of nitrogens with zero attached hydrogens (tertiary/aromatic N) is 1. The van der Waals surface area contributed by atoms with Gasteiger partial charge in [0.1, 0.15) is 0 Å². The maximum absolute atomic E-state index is 8.55. The summed E-state index contributed by atoms with van der Waals surface area (Å²) >= 11 is 0. The van der Waals surface area contributed by atoms with Crippen molar-refractivity contribution in [3.05, 3.63) is 124 Å². The maximum Gasteiger partial charge on any atom is 0.231 e.